The molecule has 1 aromatic carbocycles. The number of rotatable bonds is 7. The van der Waals surface area contributed by atoms with Crippen LogP contribution in [0.1, 0.15) is 30.0 Å². The maximum atomic E-state index is 6.52. The van der Waals surface area contributed by atoms with Crippen LogP contribution in [0.15, 0.2) is 41.7 Å². The first-order valence-corrected chi connectivity index (χ1v) is 13.8. The molecule has 1 aliphatic carbocycles. The molecule has 0 saturated heterocycles. The molecule has 0 fully saturated rings. The number of allylic oxidation sites excluding steroid dienone is 3. The molecule has 0 spiro atoms. The topological polar surface area (TPSA) is 9.23 Å². The Bertz CT molecular complexity index is 667. The van der Waals surface area contributed by atoms with Crippen LogP contribution in [0, 0.1) is 20.8 Å². The summed E-state index contributed by atoms with van der Waals surface area (Å²) in [6, 6.07) is 4.65. The van der Waals surface area contributed by atoms with Gasteiger partial charge in [-0.2, -0.15) is 0 Å². The Kier molecular flexibility index (Phi) is 6.45. The molecule has 0 radical (unpaired) electrons. The van der Waals surface area contributed by atoms with E-state index in [0.717, 1.165) is 6.42 Å². The van der Waals surface area contributed by atoms with Crippen molar-refractivity contribution >= 4 is 21.5 Å². The zero-order valence-electron chi connectivity index (χ0n) is 16.2. The molecule has 0 heterocycles. The fourth-order valence-corrected chi connectivity index (χ4v) is 8.39. The Labute approximate surface area is 150 Å². The summed E-state index contributed by atoms with van der Waals surface area (Å²) >= 11 is 0. The van der Waals surface area contributed by atoms with Gasteiger partial charge in [0.25, 0.3) is 0 Å². The van der Waals surface area contributed by atoms with Crippen molar-refractivity contribution in [2.45, 2.75) is 59.6 Å². The van der Waals surface area contributed by atoms with Crippen molar-refractivity contribution in [1.82, 2.24) is 0 Å². The van der Waals surface area contributed by atoms with Crippen LogP contribution in [0.2, 0.25) is 19.6 Å². The molecule has 0 amide bonds. The van der Waals surface area contributed by atoms with Gasteiger partial charge in [0.1, 0.15) is 0 Å². The fourth-order valence-electron chi connectivity index (χ4n) is 3.44. The number of benzene rings is 1. The van der Waals surface area contributed by atoms with E-state index in [4.69, 9.17) is 4.43 Å². The second kappa shape index (κ2) is 7.98. The van der Waals surface area contributed by atoms with E-state index in [0.29, 0.717) is 5.85 Å². The van der Waals surface area contributed by atoms with Gasteiger partial charge in [0.15, 0.2) is 8.32 Å². The van der Waals surface area contributed by atoms with Gasteiger partial charge in [-0.3, -0.25) is 0 Å². The highest BCUT2D eigenvalue weighted by atomic mass is 31.1. The largest absolute Gasteiger partial charge is 0.411 e. The Morgan fingerprint density at radius 1 is 1.12 bits per heavy atom. The highest BCUT2D eigenvalue weighted by Gasteiger charge is 2.27. The molecule has 0 aliphatic heterocycles. The summed E-state index contributed by atoms with van der Waals surface area (Å²) in [4.78, 5) is 0. The van der Waals surface area contributed by atoms with E-state index >= 15 is 0 Å². The zero-order valence-corrected chi connectivity index (χ0v) is 18.1. The Balaban J connectivity index is 2.31. The Morgan fingerprint density at radius 2 is 1.75 bits per heavy atom. The molecule has 2 rings (SSSR count). The monoisotopic (exact) mass is 358 g/mol. The minimum atomic E-state index is -1.55. The number of aryl methyl sites for hydroxylation is 3. The molecule has 3 heteroatoms. The summed E-state index contributed by atoms with van der Waals surface area (Å²) < 4.78 is 6.52. The SMILES string of the molecule is Cc1cc(C)c(P(CCC2=C=CC=C2)C(C)O[Si](C)(C)C)c(C)c1. The van der Waals surface area contributed by atoms with Crippen molar-refractivity contribution in [2.24, 2.45) is 0 Å². The van der Waals surface area contributed by atoms with Crippen molar-refractivity contribution in [3.8, 4) is 0 Å². The molecule has 0 aromatic heterocycles. The van der Waals surface area contributed by atoms with Crippen molar-refractivity contribution in [2.75, 3.05) is 6.16 Å². The summed E-state index contributed by atoms with van der Waals surface area (Å²) in [6.45, 7) is 15.9. The van der Waals surface area contributed by atoms with Crippen molar-refractivity contribution < 1.29 is 4.43 Å². The van der Waals surface area contributed by atoms with Crippen LogP contribution in [0.4, 0.5) is 0 Å². The minimum absolute atomic E-state index is 0.307. The van der Waals surface area contributed by atoms with E-state index in [2.05, 4.69) is 77.4 Å². The van der Waals surface area contributed by atoms with Crippen molar-refractivity contribution in [1.29, 1.82) is 0 Å². The summed E-state index contributed by atoms with van der Waals surface area (Å²) in [5, 5.41) is 1.55. The van der Waals surface area contributed by atoms with Crippen LogP contribution in [0.25, 0.3) is 0 Å². The first kappa shape index (κ1) is 19.4. The molecule has 24 heavy (non-hydrogen) atoms. The second-order valence-electron chi connectivity index (χ2n) is 7.72. The van der Waals surface area contributed by atoms with Gasteiger partial charge in [-0.1, -0.05) is 29.8 Å². The molecule has 1 aliphatic rings. The third-order valence-corrected chi connectivity index (χ3v) is 8.40. The van der Waals surface area contributed by atoms with E-state index in [1.165, 1.54) is 28.4 Å². The second-order valence-corrected chi connectivity index (χ2v) is 14.7. The van der Waals surface area contributed by atoms with Crippen LogP contribution in [-0.4, -0.2) is 20.3 Å². The minimum Gasteiger partial charge on any atom is -0.411 e. The predicted octanol–water partition coefficient (Wildman–Crippen LogP) is 5.96. The van der Waals surface area contributed by atoms with E-state index in [-0.39, 0.29) is 7.92 Å². The quantitative estimate of drug-likeness (QED) is 0.332. The summed E-state index contributed by atoms with van der Waals surface area (Å²) in [7, 11) is -1.90. The van der Waals surface area contributed by atoms with Gasteiger partial charge in [-0.25, -0.2) is 0 Å². The van der Waals surface area contributed by atoms with Crippen molar-refractivity contribution in [3.05, 3.63) is 58.4 Å². The number of hydrogen-bond acceptors (Lipinski definition) is 1. The Morgan fingerprint density at radius 3 is 2.25 bits per heavy atom. The van der Waals surface area contributed by atoms with Crippen molar-refractivity contribution in [3.63, 3.8) is 0 Å². The third-order valence-electron chi connectivity index (χ3n) is 4.17. The lowest BCUT2D eigenvalue weighted by Gasteiger charge is -2.33. The molecule has 130 valence electrons. The summed E-state index contributed by atoms with van der Waals surface area (Å²) in [6.07, 6.45) is 8.55. The lowest BCUT2D eigenvalue weighted by Crippen LogP contribution is -2.32. The molecule has 0 bridgehead atoms. The van der Waals surface area contributed by atoms with Crippen LogP contribution in [0.5, 0.6) is 0 Å². The maximum absolute atomic E-state index is 6.52. The van der Waals surface area contributed by atoms with E-state index < -0.39 is 8.32 Å². The van der Waals surface area contributed by atoms with E-state index in [9.17, 15) is 0 Å². The van der Waals surface area contributed by atoms with Crippen LogP contribution < -0.4 is 5.30 Å². The highest BCUT2D eigenvalue weighted by molar-refractivity contribution is 7.66. The molecule has 1 nitrogen and oxygen atoms in total. The van der Waals surface area contributed by atoms with Gasteiger partial charge in [0.2, 0.25) is 0 Å². The molecule has 1 aromatic rings. The van der Waals surface area contributed by atoms with Gasteiger partial charge in [-0.15, -0.1) is 5.73 Å². The van der Waals surface area contributed by atoms with E-state index in [1.54, 1.807) is 5.30 Å². The standard InChI is InChI=1S/C21H31OPSi/c1-16-14-17(2)21(18(3)15-16)23(19(4)22-24(5,6)7)13-12-20-10-8-9-11-20/h8-10,14-15,19H,12-13H2,1-7H3. The number of hydrogen-bond donors (Lipinski definition) is 0. The first-order valence-electron chi connectivity index (χ1n) is 8.82. The first-order chi connectivity index (χ1) is 11.2. The normalized spacial score (nSPS) is 16.4. The average molecular weight is 359 g/mol. The van der Waals surface area contributed by atoms with Gasteiger partial charge in [0, 0.05) is 0 Å². The lowest BCUT2D eigenvalue weighted by atomic mass is 10.1. The Hall–Kier alpha value is -0.913. The lowest BCUT2D eigenvalue weighted by molar-refractivity contribution is 0.296. The van der Waals surface area contributed by atoms with E-state index in [1.807, 2.05) is 6.08 Å². The van der Waals surface area contributed by atoms with Gasteiger partial charge in [-0.05, 0) is 95.9 Å². The van der Waals surface area contributed by atoms with Gasteiger partial charge in [0.05, 0.1) is 5.85 Å². The third kappa shape index (κ3) is 5.29. The van der Waals surface area contributed by atoms with Crippen LogP contribution in [-0.2, 0) is 4.43 Å². The molecule has 2 unspecified atom stereocenters. The van der Waals surface area contributed by atoms with Crippen LogP contribution in [0.3, 0.4) is 0 Å². The molecule has 0 saturated carbocycles. The summed E-state index contributed by atoms with van der Waals surface area (Å²) in [5.41, 5.74) is 8.88. The maximum Gasteiger partial charge on any atom is 0.184 e. The zero-order chi connectivity index (χ0) is 17.9. The molecule has 0 N–H and O–H groups in total. The molecular weight excluding hydrogens is 327 g/mol. The average Bonchev–Trinajstić information content (AvgIpc) is 2.92. The molecular formula is C21H31OPSi. The fraction of sp³-hybridized carbons (Fsp3) is 0.476. The van der Waals surface area contributed by atoms with Gasteiger partial charge < -0.3 is 4.43 Å². The van der Waals surface area contributed by atoms with Crippen LogP contribution >= 0.6 is 7.92 Å². The smallest absolute Gasteiger partial charge is 0.184 e. The predicted molar refractivity (Wildman–Crippen MR) is 111 cm³/mol. The highest BCUT2D eigenvalue weighted by Crippen LogP contribution is 2.45. The van der Waals surface area contributed by atoms with Gasteiger partial charge >= 0.3 is 0 Å². The molecule has 2 atom stereocenters. The summed E-state index contributed by atoms with van der Waals surface area (Å²) in [5.74, 6) is 0.307.